The SMILES string of the molecule is C=Cc1ccc(OC(=O)C(=C)C)cc1OC(=O)Cc1ccc(OC(=O)C(=C)C)cc1. The third kappa shape index (κ3) is 6.31. The number of hydrogen-bond donors (Lipinski definition) is 0. The zero-order valence-electron chi connectivity index (χ0n) is 16.9. The summed E-state index contributed by atoms with van der Waals surface area (Å²) in [6.07, 6.45) is 1.51. The van der Waals surface area contributed by atoms with Crippen molar-refractivity contribution >= 4 is 24.0 Å². The lowest BCUT2D eigenvalue weighted by molar-refractivity contribution is -0.133. The van der Waals surface area contributed by atoms with Crippen molar-refractivity contribution in [2.45, 2.75) is 20.3 Å². The molecule has 0 radical (unpaired) electrons. The number of esters is 3. The van der Waals surface area contributed by atoms with Crippen molar-refractivity contribution in [3.05, 3.63) is 84.5 Å². The van der Waals surface area contributed by atoms with Crippen molar-refractivity contribution in [1.82, 2.24) is 0 Å². The van der Waals surface area contributed by atoms with E-state index in [-0.39, 0.29) is 29.1 Å². The van der Waals surface area contributed by atoms with Gasteiger partial charge in [-0.2, -0.15) is 0 Å². The molecule has 0 saturated carbocycles. The van der Waals surface area contributed by atoms with Gasteiger partial charge in [0.15, 0.2) is 0 Å². The largest absolute Gasteiger partial charge is 0.425 e. The van der Waals surface area contributed by atoms with Crippen LogP contribution in [0.4, 0.5) is 0 Å². The van der Waals surface area contributed by atoms with Gasteiger partial charge in [0, 0.05) is 22.8 Å². The molecule has 6 heteroatoms. The molecule has 0 heterocycles. The molecule has 0 aliphatic heterocycles. The van der Waals surface area contributed by atoms with E-state index in [1.54, 1.807) is 43.3 Å². The summed E-state index contributed by atoms with van der Waals surface area (Å²) in [6, 6.07) is 11.1. The minimum absolute atomic E-state index is 0.0128. The Morgan fingerprint density at radius 1 is 0.833 bits per heavy atom. The molecule has 30 heavy (non-hydrogen) atoms. The fourth-order valence-electron chi connectivity index (χ4n) is 2.22. The first-order valence-electron chi connectivity index (χ1n) is 9.01. The summed E-state index contributed by atoms with van der Waals surface area (Å²) in [4.78, 5) is 35.6. The second-order valence-corrected chi connectivity index (χ2v) is 6.54. The van der Waals surface area contributed by atoms with E-state index in [0.29, 0.717) is 16.9 Å². The summed E-state index contributed by atoms with van der Waals surface area (Å²) >= 11 is 0. The van der Waals surface area contributed by atoms with Crippen LogP contribution in [0, 0.1) is 0 Å². The average Bonchev–Trinajstić information content (AvgIpc) is 2.69. The molecule has 0 unspecified atom stereocenters. The second-order valence-electron chi connectivity index (χ2n) is 6.54. The monoisotopic (exact) mass is 406 g/mol. The van der Waals surface area contributed by atoms with E-state index in [4.69, 9.17) is 14.2 Å². The Kier molecular flexibility index (Phi) is 7.47. The summed E-state index contributed by atoms with van der Waals surface area (Å²) < 4.78 is 15.7. The van der Waals surface area contributed by atoms with Crippen molar-refractivity contribution in [2.75, 3.05) is 0 Å². The molecular formula is C24H22O6. The first-order chi connectivity index (χ1) is 14.2. The van der Waals surface area contributed by atoms with Crippen molar-refractivity contribution in [3.8, 4) is 17.2 Å². The van der Waals surface area contributed by atoms with Gasteiger partial charge in [0.05, 0.1) is 6.42 Å². The van der Waals surface area contributed by atoms with Gasteiger partial charge >= 0.3 is 17.9 Å². The standard InChI is InChI=1S/C24H22O6/c1-6-18-9-12-20(29-24(27)16(4)5)14-21(18)30-22(25)13-17-7-10-19(11-8-17)28-23(26)15(2)3/h6-12,14H,1-2,4,13H2,3,5H3. The first kappa shape index (κ1) is 22.4. The highest BCUT2D eigenvalue weighted by Gasteiger charge is 2.13. The van der Waals surface area contributed by atoms with Crippen LogP contribution >= 0.6 is 0 Å². The first-order valence-corrected chi connectivity index (χ1v) is 9.01. The van der Waals surface area contributed by atoms with Gasteiger partial charge in [-0.3, -0.25) is 4.79 Å². The predicted molar refractivity (Wildman–Crippen MR) is 113 cm³/mol. The zero-order valence-corrected chi connectivity index (χ0v) is 16.9. The fraction of sp³-hybridized carbons (Fsp3) is 0.125. The highest BCUT2D eigenvalue weighted by atomic mass is 16.5. The van der Waals surface area contributed by atoms with Crippen LogP contribution < -0.4 is 14.2 Å². The summed E-state index contributed by atoms with van der Waals surface area (Å²) in [5.41, 5.74) is 1.77. The van der Waals surface area contributed by atoms with E-state index in [2.05, 4.69) is 19.7 Å². The minimum atomic E-state index is -0.578. The lowest BCUT2D eigenvalue weighted by Crippen LogP contribution is -2.13. The Balaban J connectivity index is 2.07. The number of benzene rings is 2. The average molecular weight is 406 g/mol. The quantitative estimate of drug-likeness (QED) is 0.366. The third-order valence-electron chi connectivity index (χ3n) is 3.82. The summed E-state index contributed by atoms with van der Waals surface area (Å²) in [5, 5.41) is 0. The number of rotatable bonds is 8. The highest BCUT2D eigenvalue weighted by molar-refractivity contribution is 5.89. The van der Waals surface area contributed by atoms with Crippen LogP contribution in [0.1, 0.15) is 25.0 Å². The van der Waals surface area contributed by atoms with Crippen LogP contribution in [0.3, 0.4) is 0 Å². The van der Waals surface area contributed by atoms with E-state index >= 15 is 0 Å². The van der Waals surface area contributed by atoms with Gasteiger partial charge in [0.2, 0.25) is 0 Å². The maximum absolute atomic E-state index is 12.4. The Bertz CT molecular complexity index is 1010. The van der Waals surface area contributed by atoms with Crippen molar-refractivity contribution < 1.29 is 28.6 Å². The lowest BCUT2D eigenvalue weighted by atomic mass is 10.1. The van der Waals surface area contributed by atoms with E-state index < -0.39 is 17.9 Å². The van der Waals surface area contributed by atoms with Gasteiger partial charge in [-0.25, -0.2) is 9.59 Å². The minimum Gasteiger partial charge on any atom is -0.425 e. The molecule has 0 aliphatic carbocycles. The molecule has 2 rings (SSSR count). The van der Waals surface area contributed by atoms with Crippen molar-refractivity contribution in [3.63, 3.8) is 0 Å². The highest BCUT2D eigenvalue weighted by Crippen LogP contribution is 2.27. The van der Waals surface area contributed by atoms with Gasteiger partial charge in [0.1, 0.15) is 17.2 Å². The maximum atomic E-state index is 12.4. The normalized spacial score (nSPS) is 9.93. The number of carbonyl (C=O) groups is 3. The molecule has 0 spiro atoms. The molecule has 0 amide bonds. The van der Waals surface area contributed by atoms with Crippen LogP contribution in [-0.2, 0) is 20.8 Å². The summed E-state index contributed by atoms with van der Waals surface area (Å²) in [7, 11) is 0. The predicted octanol–water partition coefficient (Wildman–Crippen LogP) is 4.44. The van der Waals surface area contributed by atoms with Crippen molar-refractivity contribution in [2.24, 2.45) is 0 Å². The van der Waals surface area contributed by atoms with E-state index in [9.17, 15) is 14.4 Å². The van der Waals surface area contributed by atoms with Gasteiger partial charge in [-0.15, -0.1) is 0 Å². The summed E-state index contributed by atoms with van der Waals surface area (Å²) in [5.74, 6) is -0.833. The molecule has 0 saturated heterocycles. The van der Waals surface area contributed by atoms with Crippen LogP contribution in [-0.4, -0.2) is 17.9 Å². The Morgan fingerprint density at radius 3 is 1.90 bits per heavy atom. The van der Waals surface area contributed by atoms with Crippen LogP contribution in [0.2, 0.25) is 0 Å². The lowest BCUT2D eigenvalue weighted by Gasteiger charge is -2.11. The number of hydrogen-bond acceptors (Lipinski definition) is 6. The molecule has 154 valence electrons. The van der Waals surface area contributed by atoms with Gasteiger partial charge < -0.3 is 14.2 Å². The second kappa shape index (κ2) is 10.0. The molecule has 2 aromatic rings. The third-order valence-corrected chi connectivity index (χ3v) is 3.82. The van der Waals surface area contributed by atoms with Gasteiger partial charge in [-0.1, -0.05) is 37.9 Å². The van der Waals surface area contributed by atoms with Crippen LogP contribution in [0.25, 0.3) is 6.08 Å². The molecule has 0 aromatic heterocycles. The van der Waals surface area contributed by atoms with Crippen LogP contribution in [0.5, 0.6) is 17.2 Å². The van der Waals surface area contributed by atoms with Gasteiger partial charge in [0.25, 0.3) is 0 Å². The maximum Gasteiger partial charge on any atom is 0.338 e. The van der Waals surface area contributed by atoms with Gasteiger partial charge in [-0.05, 0) is 43.7 Å². The topological polar surface area (TPSA) is 78.9 Å². The molecule has 0 fully saturated rings. The molecule has 0 atom stereocenters. The molecule has 0 aliphatic rings. The Hall–Kier alpha value is -3.93. The molecule has 2 aromatic carbocycles. The molecule has 0 N–H and O–H groups in total. The Morgan fingerprint density at radius 2 is 1.37 bits per heavy atom. The number of carbonyl (C=O) groups excluding carboxylic acids is 3. The zero-order chi connectivity index (χ0) is 22.3. The van der Waals surface area contributed by atoms with Crippen LogP contribution in [0.15, 0.2) is 73.3 Å². The molecule has 6 nitrogen and oxygen atoms in total. The summed E-state index contributed by atoms with van der Waals surface area (Å²) in [6.45, 7) is 13.8. The van der Waals surface area contributed by atoms with E-state index in [1.807, 2.05) is 0 Å². The molecule has 0 bridgehead atoms. The Labute approximate surface area is 175 Å². The number of ether oxygens (including phenoxy) is 3. The van der Waals surface area contributed by atoms with E-state index in [0.717, 1.165) is 0 Å². The van der Waals surface area contributed by atoms with E-state index in [1.165, 1.54) is 19.1 Å². The fourth-order valence-corrected chi connectivity index (χ4v) is 2.22. The smallest absolute Gasteiger partial charge is 0.338 e. The van der Waals surface area contributed by atoms with Crippen molar-refractivity contribution in [1.29, 1.82) is 0 Å². The molecular weight excluding hydrogens is 384 g/mol.